The van der Waals surface area contributed by atoms with Crippen LogP contribution in [0.4, 0.5) is 0 Å². The van der Waals surface area contributed by atoms with E-state index in [1.807, 2.05) is 20.8 Å². The molecule has 0 bridgehead atoms. The van der Waals surface area contributed by atoms with Crippen LogP contribution in [0.15, 0.2) is 67.1 Å². The maximum absolute atomic E-state index is 14.4. The van der Waals surface area contributed by atoms with Crippen LogP contribution in [0.2, 0.25) is 0 Å². The Labute approximate surface area is 339 Å². The molecule has 2 aromatic carbocycles. The fourth-order valence-corrected chi connectivity index (χ4v) is 7.10. The number of aromatic nitrogens is 2. The van der Waals surface area contributed by atoms with E-state index in [1.165, 1.54) is 29.6 Å². The first-order valence-corrected chi connectivity index (χ1v) is 19.9. The summed E-state index contributed by atoms with van der Waals surface area (Å²) in [5.41, 5.74) is 7.85. The normalized spacial score (nSPS) is 17.0. The van der Waals surface area contributed by atoms with E-state index in [0.717, 1.165) is 5.56 Å². The molecule has 1 aliphatic rings. The Bertz CT molecular complexity index is 1820. The van der Waals surface area contributed by atoms with Crippen molar-refractivity contribution in [2.75, 3.05) is 13.1 Å². The number of phenolic OH excluding ortho intramolecular Hbond substituents is 1. The number of hydrogen-bond donors (Lipinski definition) is 8. The van der Waals surface area contributed by atoms with Crippen molar-refractivity contribution in [3.8, 4) is 5.75 Å². The Hall–Kier alpha value is -5.77. The zero-order chi connectivity index (χ0) is 42.4. The number of benzene rings is 2. The fraction of sp³-hybridized carbons (Fsp3) is 0.500. The number of H-pyrrole nitrogens is 1. The van der Waals surface area contributed by atoms with E-state index in [0.29, 0.717) is 36.9 Å². The largest absolute Gasteiger partial charge is 0.508 e. The quantitative estimate of drug-likeness (QED) is 0.0776. The lowest BCUT2D eigenvalue weighted by molar-refractivity contribution is -0.145. The molecular formula is C42H58N8O8. The van der Waals surface area contributed by atoms with Gasteiger partial charge in [-0.3, -0.25) is 24.0 Å². The van der Waals surface area contributed by atoms with Gasteiger partial charge in [-0.1, -0.05) is 76.6 Å². The Morgan fingerprint density at radius 1 is 0.845 bits per heavy atom. The van der Waals surface area contributed by atoms with Crippen molar-refractivity contribution in [2.45, 2.75) is 103 Å². The Kier molecular flexibility index (Phi) is 16.8. The van der Waals surface area contributed by atoms with E-state index < -0.39 is 77.6 Å². The lowest BCUT2D eigenvalue weighted by atomic mass is 9.94. The second-order valence-electron chi connectivity index (χ2n) is 15.5. The first-order chi connectivity index (χ1) is 27.7. The molecule has 1 saturated heterocycles. The van der Waals surface area contributed by atoms with Crippen molar-refractivity contribution < 1.29 is 39.0 Å². The predicted octanol–water partition coefficient (Wildman–Crippen LogP) is 1.83. The molecule has 16 heteroatoms. The van der Waals surface area contributed by atoms with Crippen LogP contribution in [0.5, 0.6) is 5.75 Å². The minimum atomic E-state index is -1.23. The molecule has 314 valence electrons. The Morgan fingerprint density at radius 2 is 1.50 bits per heavy atom. The number of aliphatic carboxylic acids is 1. The molecule has 0 radical (unpaired) electrons. The highest BCUT2D eigenvalue weighted by molar-refractivity contribution is 5.96. The summed E-state index contributed by atoms with van der Waals surface area (Å²) in [4.78, 5) is 90.3. The number of carbonyl (C=O) groups is 6. The van der Waals surface area contributed by atoms with Gasteiger partial charge in [0.25, 0.3) is 0 Å². The van der Waals surface area contributed by atoms with Crippen molar-refractivity contribution in [3.05, 3.63) is 83.9 Å². The molecule has 7 atom stereocenters. The topological polar surface area (TPSA) is 249 Å². The average molecular weight is 803 g/mol. The highest BCUT2D eigenvalue weighted by Gasteiger charge is 2.40. The number of rotatable bonds is 21. The summed E-state index contributed by atoms with van der Waals surface area (Å²) in [6.07, 6.45) is 4.79. The maximum Gasteiger partial charge on any atom is 0.326 e. The summed E-state index contributed by atoms with van der Waals surface area (Å²) < 4.78 is 0. The van der Waals surface area contributed by atoms with Gasteiger partial charge in [0, 0.05) is 44.2 Å². The van der Waals surface area contributed by atoms with Crippen molar-refractivity contribution in [1.82, 2.24) is 36.1 Å². The van der Waals surface area contributed by atoms with E-state index in [2.05, 4.69) is 31.2 Å². The zero-order valence-corrected chi connectivity index (χ0v) is 33.6. The Balaban J connectivity index is 1.55. The molecule has 1 aromatic heterocycles. The van der Waals surface area contributed by atoms with Gasteiger partial charge in [0.1, 0.15) is 36.0 Å². The molecule has 0 spiro atoms. The van der Waals surface area contributed by atoms with E-state index >= 15 is 0 Å². The number of carboxylic acid groups (broad SMARTS) is 1. The zero-order valence-electron chi connectivity index (χ0n) is 33.6. The number of nitrogens with one attached hydrogen (secondary N) is 5. The number of phenols is 1. The number of aromatic amines is 1. The summed E-state index contributed by atoms with van der Waals surface area (Å²) in [6, 6.07) is 9.47. The van der Waals surface area contributed by atoms with E-state index in [9.17, 15) is 39.0 Å². The second-order valence-corrected chi connectivity index (χ2v) is 15.5. The molecule has 3 aromatic rings. The van der Waals surface area contributed by atoms with Crippen molar-refractivity contribution in [2.24, 2.45) is 23.5 Å². The number of nitrogens with zero attached hydrogens (tertiary/aromatic N) is 2. The average Bonchev–Trinajstić information content (AvgIpc) is 3.92. The van der Waals surface area contributed by atoms with Gasteiger partial charge in [-0.15, -0.1) is 0 Å². The van der Waals surface area contributed by atoms with Crippen LogP contribution >= 0.6 is 0 Å². The van der Waals surface area contributed by atoms with Gasteiger partial charge in [0.2, 0.25) is 29.5 Å². The molecule has 5 amide bonds. The molecule has 1 unspecified atom stereocenters. The van der Waals surface area contributed by atoms with E-state index in [1.54, 1.807) is 49.4 Å². The number of carboxylic acids is 1. The summed E-state index contributed by atoms with van der Waals surface area (Å²) in [7, 11) is 0. The van der Waals surface area contributed by atoms with Crippen molar-refractivity contribution >= 4 is 35.5 Å². The third kappa shape index (κ3) is 12.9. The number of carbonyl (C=O) groups excluding carboxylic acids is 5. The lowest BCUT2D eigenvalue weighted by Gasteiger charge is -2.31. The number of nitrogens with two attached hydrogens (primary N) is 1. The van der Waals surface area contributed by atoms with E-state index in [-0.39, 0.29) is 44.0 Å². The highest BCUT2D eigenvalue weighted by atomic mass is 16.4. The SMILES string of the molecule is CC[C@H](C)[C@H](NC(=O)[C@H](Cc1ccc(O)cc1)NC(=O)C(CN)CC(C)C)C(=O)N[C@@H](Cc1cnc[nH]1)C(=O)N1CCC[C@H]1C(=O)N[C@@H](Cc1ccccc1)C(=O)O. The monoisotopic (exact) mass is 802 g/mol. The minimum Gasteiger partial charge on any atom is -0.508 e. The number of amides is 5. The first-order valence-electron chi connectivity index (χ1n) is 19.9. The number of hydrogen-bond acceptors (Lipinski definition) is 9. The van der Waals surface area contributed by atoms with Gasteiger partial charge < -0.3 is 47.1 Å². The van der Waals surface area contributed by atoms with Crippen LogP contribution in [0.1, 0.15) is 70.2 Å². The van der Waals surface area contributed by atoms with Gasteiger partial charge in [-0.05, 0) is 54.4 Å². The molecule has 1 aliphatic heterocycles. The summed E-state index contributed by atoms with van der Waals surface area (Å²) in [6.45, 7) is 7.86. The van der Waals surface area contributed by atoms with Crippen LogP contribution in [0, 0.1) is 17.8 Å². The van der Waals surface area contributed by atoms with Crippen molar-refractivity contribution in [3.63, 3.8) is 0 Å². The maximum atomic E-state index is 14.4. The van der Waals surface area contributed by atoms with E-state index in [4.69, 9.17) is 5.73 Å². The van der Waals surface area contributed by atoms with Gasteiger partial charge in [-0.25, -0.2) is 9.78 Å². The molecule has 58 heavy (non-hydrogen) atoms. The third-order valence-electron chi connectivity index (χ3n) is 10.5. The van der Waals surface area contributed by atoms with Gasteiger partial charge >= 0.3 is 5.97 Å². The van der Waals surface area contributed by atoms with Crippen LogP contribution < -0.4 is 27.0 Å². The number of imidazole rings is 1. The summed E-state index contributed by atoms with van der Waals surface area (Å²) >= 11 is 0. The molecule has 16 nitrogen and oxygen atoms in total. The van der Waals surface area contributed by atoms with Crippen LogP contribution in [-0.4, -0.2) is 104 Å². The molecule has 4 rings (SSSR count). The lowest BCUT2D eigenvalue weighted by Crippen LogP contribution is -2.60. The molecule has 1 fully saturated rings. The molecule has 9 N–H and O–H groups in total. The van der Waals surface area contributed by atoms with Crippen LogP contribution in [0.3, 0.4) is 0 Å². The summed E-state index contributed by atoms with van der Waals surface area (Å²) in [5, 5.41) is 30.9. The van der Waals surface area contributed by atoms with Gasteiger partial charge in [-0.2, -0.15) is 0 Å². The predicted molar refractivity (Wildman–Crippen MR) is 216 cm³/mol. The fourth-order valence-electron chi connectivity index (χ4n) is 7.10. The van der Waals surface area contributed by atoms with Gasteiger partial charge in [0.05, 0.1) is 12.2 Å². The number of likely N-dealkylation sites (tertiary alicyclic amines) is 1. The second kappa shape index (κ2) is 21.7. The number of aromatic hydroxyl groups is 1. The highest BCUT2D eigenvalue weighted by Crippen LogP contribution is 2.21. The standard InChI is InChI=1S/C42H58N8O8/c1-5-26(4)36(49-38(53)32(19-28-13-15-31(51)16-14-28)46-37(52)29(22-43)18-25(2)3)40(55)47-33(21-30-23-44-24-45-30)41(56)50-17-9-12-35(50)39(54)48-34(42(57)58)20-27-10-7-6-8-11-27/h6-8,10-11,13-16,23-26,29,32-36,51H,5,9,12,17-22,43H2,1-4H3,(H,44,45)(H,46,52)(H,47,55)(H,48,54)(H,49,53)(H,57,58)/t26-,29?,32-,33-,34-,35-,36-/m0/s1. The Morgan fingerprint density at radius 3 is 2.10 bits per heavy atom. The van der Waals surface area contributed by atoms with Crippen LogP contribution in [0.25, 0.3) is 0 Å². The molecular weight excluding hydrogens is 745 g/mol. The minimum absolute atomic E-state index is 0.0157. The summed E-state index contributed by atoms with van der Waals surface area (Å²) in [5.74, 6) is -4.81. The first kappa shape index (κ1) is 44.9. The van der Waals surface area contributed by atoms with Crippen molar-refractivity contribution in [1.29, 1.82) is 0 Å². The molecule has 0 saturated carbocycles. The van der Waals surface area contributed by atoms with Crippen LogP contribution in [-0.2, 0) is 48.0 Å². The molecule has 2 heterocycles. The smallest absolute Gasteiger partial charge is 0.326 e. The molecule has 0 aliphatic carbocycles. The third-order valence-corrected chi connectivity index (χ3v) is 10.5. The van der Waals surface area contributed by atoms with Gasteiger partial charge in [0.15, 0.2) is 0 Å².